The molecular weight excluding hydrogens is 517 g/mol. The number of carbonyl (C=O) groups excluding carboxylic acids is 1. The number of ether oxygens (including phenoxy) is 1. The summed E-state index contributed by atoms with van der Waals surface area (Å²) in [6, 6.07) is 9.51. The zero-order chi connectivity index (χ0) is 24.3. The quantitative estimate of drug-likeness (QED) is 0.441. The van der Waals surface area contributed by atoms with Gasteiger partial charge in [0.25, 0.3) is 5.91 Å². The van der Waals surface area contributed by atoms with E-state index < -0.39 is 15.9 Å². The summed E-state index contributed by atoms with van der Waals surface area (Å²) in [6.45, 7) is 1.89. The number of rotatable bonds is 6. The zero-order valence-electron chi connectivity index (χ0n) is 18.7. The normalized spacial score (nSPS) is 16.1. The summed E-state index contributed by atoms with van der Waals surface area (Å²) in [5.41, 5.74) is 0.997. The van der Waals surface area contributed by atoms with Gasteiger partial charge in [-0.05, 0) is 49.2 Å². The van der Waals surface area contributed by atoms with E-state index in [4.69, 9.17) is 27.9 Å². The summed E-state index contributed by atoms with van der Waals surface area (Å²) in [7, 11) is -1.99. The molecule has 3 aromatic rings. The highest BCUT2D eigenvalue weighted by molar-refractivity contribution is 7.89. The van der Waals surface area contributed by atoms with E-state index in [9.17, 15) is 13.2 Å². The van der Waals surface area contributed by atoms with Crippen molar-refractivity contribution in [1.29, 1.82) is 0 Å². The first kappa shape index (κ1) is 25.3. The molecule has 0 bridgehead atoms. The van der Waals surface area contributed by atoms with Gasteiger partial charge in [0.15, 0.2) is 4.80 Å². The molecule has 1 aliphatic heterocycles. The molecule has 1 aliphatic rings. The highest BCUT2D eigenvalue weighted by atomic mass is 35.5. The molecule has 0 unspecified atom stereocenters. The van der Waals surface area contributed by atoms with Gasteiger partial charge in [-0.2, -0.15) is 9.30 Å². The fourth-order valence-electron chi connectivity index (χ4n) is 3.93. The van der Waals surface area contributed by atoms with Crippen molar-refractivity contribution in [2.45, 2.75) is 37.1 Å². The van der Waals surface area contributed by atoms with E-state index in [0.717, 1.165) is 30.4 Å². The molecule has 0 N–H and O–H groups in total. The average molecular weight is 543 g/mol. The number of amides is 1. The number of hydrogen-bond donors (Lipinski definition) is 0. The second kappa shape index (κ2) is 10.9. The van der Waals surface area contributed by atoms with Gasteiger partial charge in [-0.15, -0.1) is 0 Å². The van der Waals surface area contributed by atoms with Crippen molar-refractivity contribution in [3.63, 3.8) is 0 Å². The standard InChI is InChI=1S/C23H25Cl2N3O4S2/c1-32-15-14-28-21-19(11-10-18(24)20(21)25)33-23(28)26-22(29)16-6-8-17(9-7-16)34(30,31)27-12-4-2-3-5-13-27/h6-11H,2-5,12-15H2,1H3. The Morgan fingerprint density at radius 1 is 1.06 bits per heavy atom. The Morgan fingerprint density at radius 3 is 2.38 bits per heavy atom. The van der Waals surface area contributed by atoms with Crippen molar-refractivity contribution in [2.24, 2.45) is 4.99 Å². The number of carbonyl (C=O) groups is 1. The molecule has 0 saturated carbocycles. The van der Waals surface area contributed by atoms with E-state index in [0.29, 0.717) is 52.2 Å². The van der Waals surface area contributed by atoms with Gasteiger partial charge in [0.1, 0.15) is 0 Å². The lowest BCUT2D eigenvalue weighted by Gasteiger charge is -2.19. The number of methoxy groups -OCH3 is 1. The molecule has 7 nitrogen and oxygen atoms in total. The molecular formula is C23H25Cl2N3O4S2. The molecule has 2 aromatic carbocycles. The minimum Gasteiger partial charge on any atom is -0.383 e. The minimum absolute atomic E-state index is 0.185. The van der Waals surface area contributed by atoms with Crippen molar-refractivity contribution in [1.82, 2.24) is 8.87 Å². The Balaban J connectivity index is 1.66. The lowest BCUT2D eigenvalue weighted by Crippen LogP contribution is -2.31. The fraction of sp³-hybridized carbons (Fsp3) is 0.391. The third-order valence-electron chi connectivity index (χ3n) is 5.75. The smallest absolute Gasteiger partial charge is 0.279 e. The summed E-state index contributed by atoms with van der Waals surface area (Å²) >= 11 is 14.0. The summed E-state index contributed by atoms with van der Waals surface area (Å²) in [4.78, 5) is 17.9. The number of benzene rings is 2. The van der Waals surface area contributed by atoms with Gasteiger partial charge in [0, 0.05) is 32.3 Å². The largest absolute Gasteiger partial charge is 0.383 e. The molecule has 2 heterocycles. The van der Waals surface area contributed by atoms with Crippen molar-refractivity contribution in [3.8, 4) is 0 Å². The van der Waals surface area contributed by atoms with E-state index in [1.54, 1.807) is 13.2 Å². The molecule has 0 atom stereocenters. The van der Waals surface area contributed by atoms with Gasteiger partial charge in [0.2, 0.25) is 10.0 Å². The van der Waals surface area contributed by atoms with E-state index in [-0.39, 0.29) is 4.90 Å². The molecule has 4 rings (SSSR count). The number of hydrogen-bond acceptors (Lipinski definition) is 5. The van der Waals surface area contributed by atoms with Crippen molar-refractivity contribution in [2.75, 3.05) is 26.8 Å². The van der Waals surface area contributed by atoms with Crippen LogP contribution in [0.2, 0.25) is 10.0 Å². The van der Waals surface area contributed by atoms with Crippen LogP contribution in [-0.2, 0) is 21.3 Å². The Morgan fingerprint density at radius 2 is 1.74 bits per heavy atom. The molecule has 0 radical (unpaired) electrons. The summed E-state index contributed by atoms with van der Waals surface area (Å²) < 4.78 is 35.4. The van der Waals surface area contributed by atoms with Crippen molar-refractivity contribution >= 4 is 60.7 Å². The second-order valence-electron chi connectivity index (χ2n) is 8.00. The van der Waals surface area contributed by atoms with E-state index in [1.165, 1.54) is 39.9 Å². The van der Waals surface area contributed by atoms with E-state index in [1.807, 2.05) is 10.6 Å². The van der Waals surface area contributed by atoms with Gasteiger partial charge in [-0.3, -0.25) is 4.79 Å². The van der Waals surface area contributed by atoms with Crippen LogP contribution in [0.3, 0.4) is 0 Å². The number of halogens is 2. The highest BCUT2D eigenvalue weighted by Crippen LogP contribution is 2.32. The van der Waals surface area contributed by atoms with Gasteiger partial charge in [-0.25, -0.2) is 8.42 Å². The summed E-state index contributed by atoms with van der Waals surface area (Å²) in [6.07, 6.45) is 3.81. The monoisotopic (exact) mass is 541 g/mol. The molecule has 1 amide bonds. The van der Waals surface area contributed by atoms with Crippen LogP contribution in [0.25, 0.3) is 10.2 Å². The minimum atomic E-state index is -3.58. The molecule has 0 spiro atoms. The van der Waals surface area contributed by atoms with Gasteiger partial charge < -0.3 is 9.30 Å². The average Bonchev–Trinajstić information content (AvgIpc) is 2.99. The highest BCUT2D eigenvalue weighted by Gasteiger charge is 2.25. The number of sulfonamides is 1. The fourth-order valence-corrected chi connectivity index (χ4v) is 6.99. The van der Waals surface area contributed by atoms with E-state index >= 15 is 0 Å². The molecule has 182 valence electrons. The van der Waals surface area contributed by atoms with Gasteiger partial charge in [0.05, 0.1) is 31.8 Å². The Hall–Kier alpha value is -1.75. The molecule has 1 aromatic heterocycles. The van der Waals surface area contributed by atoms with Crippen molar-refractivity contribution < 1.29 is 17.9 Å². The predicted molar refractivity (Wildman–Crippen MR) is 135 cm³/mol. The van der Waals surface area contributed by atoms with Crippen LogP contribution in [0.5, 0.6) is 0 Å². The number of thiazole rings is 1. The number of fused-ring (bicyclic) bond motifs is 1. The maximum absolute atomic E-state index is 13.0. The lowest BCUT2D eigenvalue weighted by atomic mass is 10.2. The third-order valence-corrected chi connectivity index (χ3v) is 9.51. The Kier molecular flexibility index (Phi) is 8.12. The van der Waals surface area contributed by atoms with Crippen LogP contribution >= 0.6 is 34.5 Å². The van der Waals surface area contributed by atoms with Crippen LogP contribution in [0, 0.1) is 0 Å². The Labute approximate surface area is 212 Å². The molecule has 11 heteroatoms. The zero-order valence-corrected chi connectivity index (χ0v) is 21.8. The maximum atomic E-state index is 13.0. The van der Waals surface area contributed by atoms with E-state index in [2.05, 4.69) is 4.99 Å². The van der Waals surface area contributed by atoms with Crippen LogP contribution < -0.4 is 4.80 Å². The first-order valence-corrected chi connectivity index (χ1v) is 14.0. The van der Waals surface area contributed by atoms with Crippen molar-refractivity contribution in [3.05, 3.63) is 56.8 Å². The second-order valence-corrected chi connectivity index (χ2v) is 11.7. The molecule has 1 fully saturated rings. The van der Waals surface area contributed by atoms with Crippen LogP contribution in [0.15, 0.2) is 46.3 Å². The topological polar surface area (TPSA) is 81.0 Å². The molecule has 34 heavy (non-hydrogen) atoms. The van der Waals surface area contributed by atoms with Gasteiger partial charge in [-0.1, -0.05) is 47.4 Å². The van der Waals surface area contributed by atoms with Crippen LogP contribution in [0.4, 0.5) is 0 Å². The first-order chi connectivity index (χ1) is 16.3. The summed E-state index contributed by atoms with van der Waals surface area (Å²) in [5, 5.41) is 0.806. The SMILES string of the molecule is COCCn1c(=NC(=O)c2ccc(S(=O)(=O)N3CCCCCC3)cc2)sc2ccc(Cl)c(Cl)c21. The predicted octanol–water partition coefficient (Wildman–Crippen LogP) is 4.96. The Bertz CT molecular complexity index is 1360. The molecule has 1 saturated heterocycles. The van der Waals surface area contributed by atoms with Crippen LogP contribution in [0.1, 0.15) is 36.0 Å². The third kappa shape index (κ3) is 5.24. The number of nitrogens with zero attached hydrogens (tertiary/aromatic N) is 3. The van der Waals surface area contributed by atoms with Gasteiger partial charge >= 0.3 is 0 Å². The molecule has 0 aliphatic carbocycles. The lowest BCUT2D eigenvalue weighted by molar-refractivity contribution is 0.0997. The summed E-state index contributed by atoms with van der Waals surface area (Å²) in [5.74, 6) is -0.473. The maximum Gasteiger partial charge on any atom is 0.279 e. The van der Waals surface area contributed by atoms with Crippen LogP contribution in [-0.4, -0.2) is 50.0 Å². The number of aromatic nitrogens is 1. The first-order valence-electron chi connectivity index (χ1n) is 11.0.